The van der Waals surface area contributed by atoms with E-state index in [2.05, 4.69) is 43.6 Å². The van der Waals surface area contributed by atoms with Gasteiger partial charge in [0.25, 0.3) is 0 Å². The molecule has 1 fully saturated rings. The first-order chi connectivity index (χ1) is 38.6. The zero-order valence-corrected chi connectivity index (χ0v) is 51.8. The van der Waals surface area contributed by atoms with Gasteiger partial charge in [-0.15, -0.1) is 0 Å². The van der Waals surface area contributed by atoms with Gasteiger partial charge in [0.1, 0.15) is 18.2 Å². The van der Waals surface area contributed by atoms with E-state index < -0.39 is 24.2 Å². The molecule has 1 aliphatic rings. The Morgan fingerprint density at radius 1 is 0.468 bits per heavy atom. The minimum absolute atomic E-state index is 0.0385. The van der Waals surface area contributed by atoms with Crippen molar-refractivity contribution in [2.24, 2.45) is 0 Å². The van der Waals surface area contributed by atoms with E-state index in [-0.39, 0.29) is 75.1 Å². The fraction of sp³-hybridized carbons (Fsp3) is 0.924. The number of amides is 3. The fourth-order valence-electron chi connectivity index (χ4n) is 10.7. The van der Waals surface area contributed by atoms with Gasteiger partial charge in [0.2, 0.25) is 17.7 Å². The number of carbonyl (C=O) groups excluding carboxylic acids is 5. The van der Waals surface area contributed by atoms with Gasteiger partial charge in [-0.1, -0.05) is 233 Å². The second-order valence-electron chi connectivity index (χ2n) is 23.5. The average molecular weight is 1120 g/mol. The maximum absolute atomic E-state index is 13.8. The monoisotopic (exact) mass is 1120 g/mol. The SMILES string of the molecule is CCCCCCCCCCCC(=O)O[C@H](CCCCCCCCCCC)CC(=O)N[C@H](CCCNC(=O)[C@H](CCO)NC(=O)C[C@@H](CCCCCCCCCCC)OC(=O)CCCCCCCCCCC)COC1CCCCO1. The molecule has 0 radical (unpaired) electrons. The van der Waals surface area contributed by atoms with E-state index >= 15 is 0 Å². The van der Waals surface area contributed by atoms with Crippen LogP contribution in [0.5, 0.6) is 0 Å². The van der Waals surface area contributed by atoms with Crippen LogP contribution in [0.15, 0.2) is 0 Å². The first-order valence-corrected chi connectivity index (χ1v) is 33.7. The van der Waals surface area contributed by atoms with Crippen LogP contribution in [0.2, 0.25) is 0 Å². The summed E-state index contributed by atoms with van der Waals surface area (Å²) < 4.78 is 24.0. The fourth-order valence-corrected chi connectivity index (χ4v) is 10.7. The first-order valence-electron chi connectivity index (χ1n) is 33.7. The van der Waals surface area contributed by atoms with Gasteiger partial charge in [-0.05, 0) is 77.0 Å². The Bertz CT molecular complexity index is 1430. The minimum atomic E-state index is -0.962. The second-order valence-corrected chi connectivity index (χ2v) is 23.5. The van der Waals surface area contributed by atoms with E-state index in [1.54, 1.807) is 0 Å². The van der Waals surface area contributed by atoms with E-state index in [4.69, 9.17) is 18.9 Å². The van der Waals surface area contributed by atoms with E-state index in [1.807, 2.05) is 0 Å². The minimum Gasteiger partial charge on any atom is -0.462 e. The Morgan fingerprint density at radius 3 is 1.25 bits per heavy atom. The van der Waals surface area contributed by atoms with Gasteiger partial charge >= 0.3 is 11.9 Å². The molecule has 1 aliphatic heterocycles. The average Bonchev–Trinajstić information content (AvgIpc) is 3.43. The van der Waals surface area contributed by atoms with E-state index in [9.17, 15) is 29.1 Å². The maximum Gasteiger partial charge on any atom is 0.306 e. The van der Waals surface area contributed by atoms with Crippen LogP contribution in [0.4, 0.5) is 0 Å². The van der Waals surface area contributed by atoms with Crippen LogP contribution >= 0.6 is 0 Å². The molecule has 1 rings (SSSR count). The molecule has 13 nitrogen and oxygen atoms in total. The van der Waals surface area contributed by atoms with Crippen LogP contribution in [0.25, 0.3) is 0 Å². The molecule has 0 aliphatic carbocycles. The van der Waals surface area contributed by atoms with Crippen LogP contribution in [0.1, 0.15) is 336 Å². The third kappa shape index (κ3) is 47.4. The Labute approximate surface area is 484 Å². The van der Waals surface area contributed by atoms with Crippen LogP contribution in [-0.2, 0) is 42.9 Å². The zero-order valence-electron chi connectivity index (χ0n) is 51.8. The summed E-state index contributed by atoms with van der Waals surface area (Å²) in [6.45, 7) is 9.78. The molecule has 79 heavy (non-hydrogen) atoms. The van der Waals surface area contributed by atoms with Gasteiger partial charge in [-0.2, -0.15) is 0 Å². The van der Waals surface area contributed by atoms with Crippen LogP contribution in [0.3, 0.4) is 0 Å². The lowest BCUT2D eigenvalue weighted by atomic mass is 10.0. The molecular weight excluding hydrogens is 995 g/mol. The highest BCUT2D eigenvalue weighted by Gasteiger charge is 2.26. The normalized spacial score (nSPS) is 15.0. The Balaban J connectivity index is 2.88. The summed E-state index contributed by atoms with van der Waals surface area (Å²) in [5.74, 6) is -1.49. The number of ether oxygens (including phenoxy) is 4. The molecule has 1 heterocycles. The molecule has 3 amide bonds. The van der Waals surface area contributed by atoms with Crippen molar-refractivity contribution in [1.82, 2.24) is 16.0 Å². The Kier molecular flexibility index (Phi) is 52.4. The van der Waals surface area contributed by atoms with Crippen molar-refractivity contribution >= 4 is 29.7 Å². The summed E-state index contributed by atoms with van der Waals surface area (Å²) in [4.78, 5) is 67.2. The number of hydrogen-bond acceptors (Lipinski definition) is 10. The molecule has 1 saturated heterocycles. The molecule has 0 saturated carbocycles. The zero-order chi connectivity index (χ0) is 57.5. The van der Waals surface area contributed by atoms with E-state index in [0.717, 1.165) is 96.3 Å². The summed E-state index contributed by atoms with van der Waals surface area (Å²) in [5.41, 5.74) is 0. The van der Waals surface area contributed by atoms with Gasteiger partial charge in [0.05, 0.1) is 25.5 Å². The van der Waals surface area contributed by atoms with Crippen molar-refractivity contribution in [3.63, 3.8) is 0 Å². The molecule has 0 aromatic rings. The van der Waals surface area contributed by atoms with Crippen molar-refractivity contribution in [3.05, 3.63) is 0 Å². The first kappa shape index (κ1) is 74.2. The molecule has 464 valence electrons. The predicted molar refractivity (Wildman–Crippen MR) is 324 cm³/mol. The third-order valence-corrected chi connectivity index (χ3v) is 15.7. The van der Waals surface area contributed by atoms with Crippen LogP contribution < -0.4 is 16.0 Å². The van der Waals surface area contributed by atoms with Gasteiger partial charge in [-0.25, -0.2) is 0 Å². The lowest BCUT2D eigenvalue weighted by Crippen LogP contribution is -2.48. The molecule has 13 heteroatoms. The molecule has 0 spiro atoms. The number of hydrogen-bond donors (Lipinski definition) is 4. The second kappa shape index (κ2) is 55.7. The molecule has 5 atom stereocenters. The summed E-state index contributed by atoms with van der Waals surface area (Å²) in [6.07, 6.45) is 46.4. The number of aliphatic hydroxyl groups is 1. The lowest BCUT2D eigenvalue weighted by molar-refractivity contribution is -0.167. The topological polar surface area (TPSA) is 179 Å². The van der Waals surface area contributed by atoms with Crippen molar-refractivity contribution < 1.29 is 48.0 Å². The van der Waals surface area contributed by atoms with Crippen molar-refractivity contribution in [3.8, 4) is 0 Å². The summed E-state index contributed by atoms with van der Waals surface area (Å²) in [7, 11) is 0. The van der Waals surface area contributed by atoms with Gasteiger partial charge in [0, 0.05) is 32.6 Å². The summed E-state index contributed by atoms with van der Waals surface area (Å²) in [5, 5.41) is 18.9. The molecule has 0 aromatic carbocycles. The highest BCUT2D eigenvalue weighted by Crippen LogP contribution is 2.20. The van der Waals surface area contributed by atoms with Gasteiger partial charge in [-0.3, -0.25) is 24.0 Å². The Morgan fingerprint density at radius 2 is 0.861 bits per heavy atom. The quantitative estimate of drug-likeness (QED) is 0.0338. The third-order valence-electron chi connectivity index (χ3n) is 15.7. The van der Waals surface area contributed by atoms with E-state index in [0.29, 0.717) is 45.1 Å². The van der Waals surface area contributed by atoms with Crippen LogP contribution in [0, 0.1) is 0 Å². The molecule has 4 N–H and O–H groups in total. The lowest BCUT2D eigenvalue weighted by Gasteiger charge is -2.26. The van der Waals surface area contributed by atoms with E-state index in [1.165, 1.54) is 154 Å². The number of aliphatic hydroxyl groups excluding tert-OH is 1. The molecule has 0 bridgehead atoms. The maximum atomic E-state index is 13.8. The summed E-state index contributed by atoms with van der Waals surface area (Å²) in [6, 6.07) is -1.34. The smallest absolute Gasteiger partial charge is 0.306 e. The standard InChI is InChI=1S/C66H125N3O10/c1-5-9-13-17-21-25-29-33-37-45-58(78-63(73)47-39-35-31-27-23-19-15-11-7-3)54-61(71)68-57(56-77-65-49-41-42-53-76-65)44-43-51-67-66(75)60(50-52-70)69-62(72)55-59(46-38-34-30-26-22-18-14-10-6-2)79-64(74)48-40-36-32-28-24-20-16-12-8-4/h57-60,65,70H,5-56H2,1-4H3,(H,67,75)(H,68,71)(H,69,72)/t57-,58-,59-,60+,65?/m1/s1. The summed E-state index contributed by atoms with van der Waals surface area (Å²) >= 11 is 0. The van der Waals surface area contributed by atoms with Crippen LogP contribution in [-0.4, -0.2) is 91.7 Å². The number of rotatable bonds is 58. The number of unbranched alkanes of at least 4 members (excludes halogenated alkanes) is 32. The predicted octanol–water partition coefficient (Wildman–Crippen LogP) is 16.1. The van der Waals surface area contributed by atoms with Crippen molar-refractivity contribution in [1.29, 1.82) is 0 Å². The molecule has 0 aromatic heterocycles. The van der Waals surface area contributed by atoms with Gasteiger partial charge in [0.15, 0.2) is 6.29 Å². The largest absolute Gasteiger partial charge is 0.462 e. The number of esters is 2. The highest BCUT2D eigenvalue weighted by atomic mass is 16.7. The van der Waals surface area contributed by atoms with Crippen molar-refractivity contribution in [2.75, 3.05) is 26.4 Å². The van der Waals surface area contributed by atoms with Gasteiger partial charge < -0.3 is 40.0 Å². The van der Waals surface area contributed by atoms with Crippen molar-refractivity contribution in [2.45, 2.75) is 366 Å². The number of nitrogens with one attached hydrogen (secondary N) is 3. The molecular formula is C66H125N3O10. The molecule has 1 unspecified atom stereocenters. The number of carbonyl (C=O) groups is 5. The Hall–Kier alpha value is -2.77. The highest BCUT2D eigenvalue weighted by molar-refractivity contribution is 5.87.